The third-order valence-electron chi connectivity index (χ3n) is 2.02. The molecule has 0 radical (unpaired) electrons. The Morgan fingerprint density at radius 2 is 1.86 bits per heavy atom. The van der Waals surface area contributed by atoms with Crippen LogP contribution in [0.15, 0.2) is 12.1 Å². The SMILES string of the molecule is Cc1cc(Cl)c(C#CC(C)N)cc1C. The van der Waals surface area contributed by atoms with Crippen LogP contribution in [-0.4, -0.2) is 6.04 Å². The summed E-state index contributed by atoms with van der Waals surface area (Å²) in [4.78, 5) is 0. The fourth-order valence-electron chi connectivity index (χ4n) is 1.07. The highest BCUT2D eigenvalue weighted by Crippen LogP contribution is 2.19. The predicted octanol–water partition coefficient (Wildman–Crippen LogP) is 2.66. The minimum atomic E-state index is -0.118. The van der Waals surface area contributed by atoms with Crippen LogP contribution in [0.3, 0.4) is 0 Å². The number of aryl methyl sites for hydroxylation is 2. The Kier molecular flexibility index (Phi) is 3.57. The van der Waals surface area contributed by atoms with Gasteiger partial charge in [0.1, 0.15) is 0 Å². The summed E-state index contributed by atoms with van der Waals surface area (Å²) in [6.45, 7) is 5.93. The molecule has 1 aromatic carbocycles. The number of halogens is 1. The maximum Gasteiger partial charge on any atom is 0.0639 e. The van der Waals surface area contributed by atoms with Gasteiger partial charge in [0.2, 0.25) is 0 Å². The predicted molar refractivity (Wildman–Crippen MR) is 61.5 cm³/mol. The summed E-state index contributed by atoms with van der Waals surface area (Å²) < 4.78 is 0. The van der Waals surface area contributed by atoms with Crippen molar-refractivity contribution in [3.63, 3.8) is 0 Å². The van der Waals surface area contributed by atoms with Crippen LogP contribution in [0.5, 0.6) is 0 Å². The van der Waals surface area contributed by atoms with Crippen LogP contribution >= 0.6 is 11.6 Å². The van der Waals surface area contributed by atoms with E-state index >= 15 is 0 Å². The van der Waals surface area contributed by atoms with Crippen molar-refractivity contribution < 1.29 is 0 Å². The highest BCUT2D eigenvalue weighted by atomic mass is 35.5. The van der Waals surface area contributed by atoms with Crippen LogP contribution < -0.4 is 5.73 Å². The van der Waals surface area contributed by atoms with Crippen LogP contribution in [0.2, 0.25) is 5.02 Å². The maximum absolute atomic E-state index is 6.04. The standard InChI is InChI=1S/C12H14ClN/c1-8-6-11(5-4-10(3)14)12(13)7-9(8)2/h6-7,10H,14H2,1-3H3. The number of benzene rings is 1. The Balaban J connectivity index is 3.12. The van der Waals surface area contributed by atoms with Gasteiger partial charge < -0.3 is 5.73 Å². The Morgan fingerprint density at radius 1 is 1.29 bits per heavy atom. The minimum absolute atomic E-state index is 0.118. The lowest BCUT2D eigenvalue weighted by molar-refractivity contribution is 0.959. The summed E-state index contributed by atoms with van der Waals surface area (Å²) in [5, 5.41) is 0.696. The van der Waals surface area contributed by atoms with Crippen molar-refractivity contribution in [3.05, 3.63) is 33.8 Å². The lowest BCUT2D eigenvalue weighted by atomic mass is 10.1. The molecule has 0 saturated heterocycles. The van der Waals surface area contributed by atoms with E-state index in [9.17, 15) is 0 Å². The van der Waals surface area contributed by atoms with Crippen molar-refractivity contribution >= 4 is 11.6 Å². The van der Waals surface area contributed by atoms with E-state index in [-0.39, 0.29) is 6.04 Å². The van der Waals surface area contributed by atoms with Crippen molar-refractivity contribution in [2.45, 2.75) is 26.8 Å². The van der Waals surface area contributed by atoms with Crippen molar-refractivity contribution in [3.8, 4) is 11.8 Å². The first-order valence-corrected chi connectivity index (χ1v) is 4.92. The molecule has 0 heterocycles. The van der Waals surface area contributed by atoms with Gasteiger partial charge >= 0.3 is 0 Å². The van der Waals surface area contributed by atoms with Gasteiger partial charge in [-0.05, 0) is 44.0 Å². The maximum atomic E-state index is 6.04. The third kappa shape index (κ3) is 2.77. The molecule has 0 amide bonds. The van der Waals surface area contributed by atoms with Gasteiger partial charge in [-0.2, -0.15) is 0 Å². The second kappa shape index (κ2) is 4.50. The minimum Gasteiger partial charge on any atom is -0.318 e. The van der Waals surface area contributed by atoms with E-state index in [2.05, 4.69) is 11.8 Å². The highest BCUT2D eigenvalue weighted by Gasteiger charge is 2.00. The molecule has 0 saturated carbocycles. The Hall–Kier alpha value is -0.970. The van der Waals surface area contributed by atoms with Crippen LogP contribution in [-0.2, 0) is 0 Å². The number of nitrogens with two attached hydrogens (primary N) is 1. The van der Waals surface area contributed by atoms with Crippen LogP contribution in [0.4, 0.5) is 0 Å². The molecular weight excluding hydrogens is 194 g/mol. The van der Waals surface area contributed by atoms with E-state index in [1.165, 1.54) is 11.1 Å². The van der Waals surface area contributed by atoms with E-state index < -0.39 is 0 Å². The number of hydrogen-bond acceptors (Lipinski definition) is 1. The first-order chi connectivity index (χ1) is 6.50. The van der Waals surface area contributed by atoms with Crippen LogP contribution in [0.1, 0.15) is 23.6 Å². The molecule has 14 heavy (non-hydrogen) atoms. The molecule has 0 aliphatic rings. The molecular formula is C12H14ClN. The molecule has 0 spiro atoms. The quantitative estimate of drug-likeness (QED) is 0.651. The lowest BCUT2D eigenvalue weighted by Gasteiger charge is -2.02. The fourth-order valence-corrected chi connectivity index (χ4v) is 1.33. The lowest BCUT2D eigenvalue weighted by Crippen LogP contribution is -2.10. The first kappa shape index (κ1) is 11.1. The zero-order valence-corrected chi connectivity index (χ0v) is 9.44. The summed E-state index contributed by atoms with van der Waals surface area (Å²) in [7, 11) is 0. The molecule has 74 valence electrons. The topological polar surface area (TPSA) is 26.0 Å². The van der Waals surface area contributed by atoms with Crippen molar-refractivity contribution in [2.24, 2.45) is 5.73 Å². The zero-order valence-electron chi connectivity index (χ0n) is 8.69. The summed E-state index contributed by atoms with van der Waals surface area (Å²) in [5.41, 5.74) is 8.77. The van der Waals surface area contributed by atoms with E-state index in [1.807, 2.05) is 32.9 Å². The molecule has 0 aromatic heterocycles. The van der Waals surface area contributed by atoms with E-state index in [1.54, 1.807) is 0 Å². The van der Waals surface area contributed by atoms with Gasteiger partial charge in [-0.1, -0.05) is 23.4 Å². The van der Waals surface area contributed by atoms with E-state index in [4.69, 9.17) is 17.3 Å². The van der Waals surface area contributed by atoms with Gasteiger partial charge in [0.25, 0.3) is 0 Å². The average Bonchev–Trinajstić information content (AvgIpc) is 2.09. The average molecular weight is 208 g/mol. The van der Waals surface area contributed by atoms with Crippen LogP contribution in [0, 0.1) is 25.7 Å². The van der Waals surface area contributed by atoms with Gasteiger partial charge in [0.15, 0.2) is 0 Å². The summed E-state index contributed by atoms with van der Waals surface area (Å²) in [5.74, 6) is 5.87. The van der Waals surface area contributed by atoms with Crippen molar-refractivity contribution in [2.75, 3.05) is 0 Å². The molecule has 0 aliphatic heterocycles. The van der Waals surface area contributed by atoms with Crippen LogP contribution in [0.25, 0.3) is 0 Å². The Labute approximate surface area is 90.3 Å². The molecule has 1 aromatic rings. The van der Waals surface area contributed by atoms with Gasteiger partial charge in [-0.3, -0.25) is 0 Å². The van der Waals surface area contributed by atoms with Crippen molar-refractivity contribution in [1.29, 1.82) is 0 Å². The van der Waals surface area contributed by atoms with Crippen molar-refractivity contribution in [1.82, 2.24) is 0 Å². The monoisotopic (exact) mass is 207 g/mol. The summed E-state index contributed by atoms with van der Waals surface area (Å²) in [6, 6.07) is 3.81. The normalized spacial score (nSPS) is 11.8. The van der Waals surface area contributed by atoms with Gasteiger partial charge in [-0.25, -0.2) is 0 Å². The van der Waals surface area contributed by atoms with Gasteiger partial charge in [-0.15, -0.1) is 0 Å². The van der Waals surface area contributed by atoms with E-state index in [0.29, 0.717) is 5.02 Å². The molecule has 1 rings (SSSR count). The first-order valence-electron chi connectivity index (χ1n) is 4.54. The van der Waals surface area contributed by atoms with Gasteiger partial charge in [0, 0.05) is 5.56 Å². The smallest absolute Gasteiger partial charge is 0.0639 e. The molecule has 1 nitrogen and oxygen atoms in total. The molecule has 2 N–H and O–H groups in total. The highest BCUT2D eigenvalue weighted by molar-refractivity contribution is 6.31. The third-order valence-corrected chi connectivity index (χ3v) is 2.33. The number of rotatable bonds is 0. The molecule has 1 atom stereocenters. The number of hydrogen-bond donors (Lipinski definition) is 1. The molecule has 0 aliphatic carbocycles. The van der Waals surface area contributed by atoms with E-state index in [0.717, 1.165) is 5.56 Å². The summed E-state index contributed by atoms with van der Waals surface area (Å²) in [6.07, 6.45) is 0. The molecule has 0 fully saturated rings. The summed E-state index contributed by atoms with van der Waals surface area (Å²) >= 11 is 6.04. The largest absolute Gasteiger partial charge is 0.318 e. The molecule has 0 bridgehead atoms. The second-order valence-electron chi connectivity index (χ2n) is 3.47. The fraction of sp³-hybridized carbons (Fsp3) is 0.333. The second-order valence-corrected chi connectivity index (χ2v) is 3.88. The van der Waals surface area contributed by atoms with Gasteiger partial charge in [0.05, 0.1) is 11.1 Å². The molecule has 2 heteroatoms. The molecule has 1 unspecified atom stereocenters. The Morgan fingerprint density at radius 3 is 2.43 bits per heavy atom. The Bertz CT molecular complexity index is 397. The zero-order chi connectivity index (χ0) is 10.7.